The van der Waals surface area contributed by atoms with Crippen molar-refractivity contribution in [3.8, 4) is 0 Å². The third-order valence-electron chi connectivity index (χ3n) is 8.72. The van der Waals surface area contributed by atoms with Gasteiger partial charge in [-0.25, -0.2) is 0 Å². The summed E-state index contributed by atoms with van der Waals surface area (Å²) < 4.78 is 0. The topological polar surface area (TPSA) is 40.6 Å². The first-order chi connectivity index (χ1) is 30.4. The predicted octanol–water partition coefficient (Wildman–Crippen LogP) is 14.7. The highest BCUT2D eigenvalue weighted by Crippen LogP contribution is 2.23. The smallest absolute Gasteiger partial charge is 0.190 e. The third kappa shape index (κ3) is 20.4. The van der Waals surface area contributed by atoms with Crippen LogP contribution in [0.25, 0.3) is 17.7 Å². The summed E-state index contributed by atoms with van der Waals surface area (Å²) in [6, 6.07) is 59.8. The number of rotatable bonds is 15. The normalized spacial score (nSPS) is 10.4. The molecule has 62 heavy (non-hydrogen) atoms. The molecule has 4 nitrogen and oxygen atoms in total. The van der Waals surface area contributed by atoms with Crippen LogP contribution in [0.3, 0.4) is 0 Å². The van der Waals surface area contributed by atoms with Gasteiger partial charge in [0.05, 0.1) is 0 Å². The van der Waals surface area contributed by atoms with Gasteiger partial charge in [0.25, 0.3) is 0 Å². The minimum Gasteiger partial charge on any atom is -0.298 e. The second-order valence-electron chi connectivity index (χ2n) is 13.4. The summed E-state index contributed by atoms with van der Waals surface area (Å²) in [6.45, 7) is 22.8. The molecular formula is C58H72N2O2. The summed E-state index contributed by atoms with van der Waals surface area (Å²) in [5.41, 5.74) is 8.18. The van der Waals surface area contributed by atoms with Crippen molar-refractivity contribution in [1.29, 1.82) is 0 Å². The van der Waals surface area contributed by atoms with Gasteiger partial charge in [0.1, 0.15) is 0 Å². The molecule has 0 aliphatic rings. The van der Waals surface area contributed by atoms with Gasteiger partial charge in [0.2, 0.25) is 0 Å². The van der Waals surface area contributed by atoms with E-state index in [9.17, 15) is 9.59 Å². The molecule has 0 bridgehead atoms. The Kier molecular flexibility index (Phi) is 29.1. The van der Waals surface area contributed by atoms with Crippen molar-refractivity contribution in [2.75, 3.05) is 27.2 Å². The van der Waals surface area contributed by atoms with Crippen molar-refractivity contribution in [2.24, 2.45) is 0 Å². The fraction of sp³-hybridized carbons (Fsp3) is 0.241. The van der Waals surface area contributed by atoms with Crippen LogP contribution in [0.2, 0.25) is 0 Å². The molecule has 0 atom stereocenters. The molecule has 0 N–H and O–H groups in total. The van der Waals surface area contributed by atoms with E-state index >= 15 is 0 Å². The average molecular weight is 829 g/mol. The van der Waals surface area contributed by atoms with Crippen LogP contribution in [0.5, 0.6) is 0 Å². The Bertz CT molecular complexity index is 2110. The highest BCUT2D eigenvalue weighted by Gasteiger charge is 2.18. The molecule has 4 heteroatoms. The molecule has 6 aromatic carbocycles. The Morgan fingerprint density at radius 3 is 1.16 bits per heavy atom. The molecule has 0 radical (unpaired) electrons. The Balaban J connectivity index is 0.000000535. The fourth-order valence-corrected chi connectivity index (χ4v) is 6.10. The van der Waals surface area contributed by atoms with Gasteiger partial charge >= 0.3 is 0 Å². The number of Topliss-reactive ketones (excluding diaryl/α,β-unsaturated/α-hetero) is 2. The van der Waals surface area contributed by atoms with E-state index in [1.165, 1.54) is 11.1 Å². The molecule has 0 aliphatic heterocycles. The number of carbonyl (C=O) groups excluding carboxylic acids is 2. The Hall–Kier alpha value is -6.20. The lowest BCUT2D eigenvalue weighted by atomic mass is 9.95. The van der Waals surface area contributed by atoms with E-state index in [4.69, 9.17) is 0 Å². The van der Waals surface area contributed by atoms with E-state index in [0.717, 1.165) is 40.9 Å². The number of allylic oxidation sites excluding steroid dienone is 1. The molecule has 0 saturated heterocycles. The van der Waals surface area contributed by atoms with Crippen molar-refractivity contribution in [1.82, 2.24) is 9.80 Å². The number of carbonyl (C=O) groups is 2. The van der Waals surface area contributed by atoms with Crippen molar-refractivity contribution >= 4 is 29.3 Å². The second-order valence-corrected chi connectivity index (χ2v) is 13.4. The van der Waals surface area contributed by atoms with E-state index in [-0.39, 0.29) is 11.6 Å². The first-order valence-electron chi connectivity index (χ1n) is 22.2. The summed E-state index contributed by atoms with van der Waals surface area (Å²) in [6.07, 6.45) is 3.94. The molecule has 6 rings (SSSR count). The SMILES string of the molecule is C=C(CN(C)Cc1ccccc1)C(=O)C(=Cc1ccccc1)c1ccccc1.CC.CC.CC.CC.CN(CC(=Cc1ccccc1)C(=O)c1ccccc1)Cc1ccccc1. The molecular weight excluding hydrogens is 757 g/mol. The van der Waals surface area contributed by atoms with Crippen LogP contribution in [0, 0.1) is 0 Å². The summed E-state index contributed by atoms with van der Waals surface area (Å²) in [7, 11) is 4.05. The number of hydrogen-bond acceptors (Lipinski definition) is 4. The van der Waals surface area contributed by atoms with Gasteiger partial charge in [0, 0.05) is 48.5 Å². The first-order valence-corrected chi connectivity index (χ1v) is 22.2. The van der Waals surface area contributed by atoms with Crippen molar-refractivity contribution in [2.45, 2.75) is 68.5 Å². The molecule has 0 spiro atoms. The highest BCUT2D eigenvalue weighted by molar-refractivity contribution is 6.32. The van der Waals surface area contributed by atoms with E-state index < -0.39 is 0 Å². The third-order valence-corrected chi connectivity index (χ3v) is 8.72. The quantitative estimate of drug-likeness (QED) is 0.0587. The number of benzene rings is 6. The summed E-state index contributed by atoms with van der Waals surface area (Å²) in [4.78, 5) is 30.6. The van der Waals surface area contributed by atoms with Gasteiger partial charge in [-0.1, -0.05) is 244 Å². The number of likely N-dealkylation sites (N-methyl/N-ethyl adjacent to an activating group) is 2. The zero-order chi connectivity index (χ0) is 46.0. The van der Waals surface area contributed by atoms with E-state index in [1.807, 2.05) is 239 Å². The minimum absolute atomic E-state index is 0.0186. The van der Waals surface area contributed by atoms with Gasteiger partial charge < -0.3 is 0 Å². The number of ketones is 2. The predicted molar refractivity (Wildman–Crippen MR) is 271 cm³/mol. The van der Waals surface area contributed by atoms with Crippen LogP contribution in [0.15, 0.2) is 200 Å². The maximum Gasteiger partial charge on any atom is 0.190 e. The van der Waals surface area contributed by atoms with Crippen molar-refractivity contribution < 1.29 is 9.59 Å². The fourth-order valence-electron chi connectivity index (χ4n) is 6.10. The molecule has 0 amide bonds. The minimum atomic E-state index is -0.0186. The molecule has 326 valence electrons. The molecule has 0 aromatic heterocycles. The van der Waals surface area contributed by atoms with Crippen LogP contribution in [0.1, 0.15) is 93.6 Å². The van der Waals surface area contributed by atoms with Crippen LogP contribution >= 0.6 is 0 Å². The highest BCUT2D eigenvalue weighted by atomic mass is 16.1. The van der Waals surface area contributed by atoms with E-state index in [2.05, 4.69) is 40.6 Å². The molecule has 0 unspecified atom stereocenters. The zero-order valence-electron chi connectivity index (χ0n) is 39.2. The lowest BCUT2D eigenvalue weighted by Crippen LogP contribution is -2.24. The molecule has 0 heterocycles. The first kappa shape index (κ1) is 53.8. The monoisotopic (exact) mass is 829 g/mol. The number of hydrogen-bond donors (Lipinski definition) is 0. The Labute approximate surface area is 376 Å². The Morgan fingerprint density at radius 1 is 0.435 bits per heavy atom. The van der Waals surface area contributed by atoms with Crippen LogP contribution in [-0.4, -0.2) is 48.6 Å². The van der Waals surface area contributed by atoms with Gasteiger partial charge in [-0.05, 0) is 54.1 Å². The van der Waals surface area contributed by atoms with Gasteiger partial charge in [-0.3, -0.25) is 19.4 Å². The van der Waals surface area contributed by atoms with Crippen molar-refractivity contribution in [3.05, 3.63) is 233 Å². The van der Waals surface area contributed by atoms with Crippen LogP contribution in [-0.2, 0) is 17.9 Å². The van der Waals surface area contributed by atoms with Crippen molar-refractivity contribution in [3.63, 3.8) is 0 Å². The summed E-state index contributed by atoms with van der Waals surface area (Å²) >= 11 is 0. The van der Waals surface area contributed by atoms with Crippen LogP contribution in [0.4, 0.5) is 0 Å². The number of nitrogens with zero attached hydrogens (tertiary/aromatic N) is 2. The van der Waals surface area contributed by atoms with Gasteiger partial charge in [-0.15, -0.1) is 0 Å². The summed E-state index contributed by atoms with van der Waals surface area (Å²) in [5.74, 6) is 0.0596. The molecule has 6 aromatic rings. The molecule has 0 saturated carbocycles. The van der Waals surface area contributed by atoms with E-state index in [0.29, 0.717) is 24.2 Å². The lowest BCUT2D eigenvalue weighted by molar-refractivity contribution is -0.110. The van der Waals surface area contributed by atoms with Gasteiger partial charge in [0.15, 0.2) is 11.6 Å². The largest absolute Gasteiger partial charge is 0.298 e. The maximum absolute atomic E-state index is 13.2. The Morgan fingerprint density at radius 2 is 0.758 bits per heavy atom. The molecule has 0 aliphatic carbocycles. The molecule has 0 fully saturated rings. The second kappa shape index (κ2) is 33.5. The lowest BCUT2D eigenvalue weighted by Gasteiger charge is -2.18. The van der Waals surface area contributed by atoms with E-state index in [1.54, 1.807) is 0 Å². The van der Waals surface area contributed by atoms with Crippen LogP contribution < -0.4 is 0 Å². The average Bonchev–Trinajstić information content (AvgIpc) is 3.34. The van der Waals surface area contributed by atoms with Gasteiger partial charge in [-0.2, -0.15) is 0 Å². The standard InChI is InChI=1S/C26H25NO.C24H23NO.4C2H6/c1-21(19-27(2)20-23-14-8-4-9-15-23)26(28)25(24-16-10-5-11-17-24)18-22-12-6-3-7-13-22;1-25(18-21-13-7-3-8-14-21)19-23(17-20-11-5-2-6-12-20)24(26)22-15-9-4-10-16-22;4*1-2/h3-18H,1,19-20H2,2H3;2-17H,18-19H2,1H3;4*1-2H3. The summed E-state index contributed by atoms with van der Waals surface area (Å²) in [5, 5.41) is 0. The maximum atomic E-state index is 13.2. The zero-order valence-corrected chi connectivity index (χ0v) is 39.2.